The molecule has 0 atom stereocenters. The average molecular weight is 389 g/mol. The molecular weight excluding hydrogens is 373 g/mol. The van der Waals surface area contributed by atoms with E-state index in [0.717, 1.165) is 12.1 Å². The number of hydrogen-bond donors (Lipinski definition) is 3. The molecule has 140 valence electrons. The molecule has 8 nitrogen and oxygen atoms in total. The van der Waals surface area contributed by atoms with Gasteiger partial charge in [-0.05, 0) is 42.5 Å². The summed E-state index contributed by atoms with van der Waals surface area (Å²) in [5, 5.41) is 9.08. The van der Waals surface area contributed by atoms with Crippen molar-refractivity contribution in [2.24, 2.45) is 0 Å². The molecule has 10 heteroatoms. The first kappa shape index (κ1) is 18.5. The summed E-state index contributed by atoms with van der Waals surface area (Å²) in [5.74, 6) is -0.245. The molecule has 27 heavy (non-hydrogen) atoms. The first-order valence-corrected chi connectivity index (χ1v) is 9.43. The fourth-order valence-electron chi connectivity index (χ4n) is 2.28. The van der Waals surface area contributed by atoms with Crippen molar-refractivity contribution in [3.63, 3.8) is 0 Å². The van der Waals surface area contributed by atoms with Crippen LogP contribution in [0.4, 0.5) is 10.1 Å². The number of aromatic amines is 1. The molecule has 0 aliphatic carbocycles. The summed E-state index contributed by atoms with van der Waals surface area (Å²) in [6, 6.07) is 10.6. The molecule has 2 aromatic carbocycles. The number of carbonyl (C=O) groups excluding carboxylic acids is 1. The number of amides is 1. The Hall–Kier alpha value is -3.27. The molecule has 3 aromatic rings. The highest BCUT2D eigenvalue weighted by Gasteiger charge is 2.16. The van der Waals surface area contributed by atoms with Gasteiger partial charge in [0.05, 0.1) is 4.90 Å². The summed E-state index contributed by atoms with van der Waals surface area (Å²) < 4.78 is 40.2. The molecule has 0 radical (unpaired) electrons. The van der Waals surface area contributed by atoms with Gasteiger partial charge in [0.25, 0.3) is 15.9 Å². The lowest BCUT2D eigenvalue weighted by Gasteiger charge is -2.10. The third-order valence-electron chi connectivity index (χ3n) is 3.62. The SMILES string of the molecule is O=C(NCCc1ncn[nH]1)c1cccc(S(=O)(=O)Nc2ccc(F)cc2)c1. The molecule has 0 bridgehead atoms. The monoisotopic (exact) mass is 389 g/mol. The smallest absolute Gasteiger partial charge is 0.261 e. The largest absolute Gasteiger partial charge is 0.352 e. The second kappa shape index (κ2) is 7.96. The Labute approximate surface area is 154 Å². The van der Waals surface area contributed by atoms with Gasteiger partial charge in [-0.25, -0.2) is 17.8 Å². The fraction of sp³-hybridized carbons (Fsp3) is 0.118. The van der Waals surface area contributed by atoms with Crippen molar-refractivity contribution in [1.29, 1.82) is 0 Å². The second-order valence-corrected chi connectivity index (χ2v) is 7.26. The van der Waals surface area contributed by atoms with E-state index in [1.165, 1.54) is 42.7 Å². The van der Waals surface area contributed by atoms with Crippen LogP contribution in [0.25, 0.3) is 0 Å². The van der Waals surface area contributed by atoms with E-state index in [-0.39, 0.29) is 16.1 Å². The number of carbonyl (C=O) groups is 1. The molecule has 3 rings (SSSR count). The van der Waals surface area contributed by atoms with E-state index in [9.17, 15) is 17.6 Å². The van der Waals surface area contributed by atoms with Crippen LogP contribution in [0.2, 0.25) is 0 Å². The quantitative estimate of drug-likeness (QED) is 0.569. The maximum Gasteiger partial charge on any atom is 0.261 e. The van der Waals surface area contributed by atoms with Crippen LogP contribution in [-0.2, 0) is 16.4 Å². The van der Waals surface area contributed by atoms with E-state index in [0.29, 0.717) is 18.8 Å². The van der Waals surface area contributed by atoms with Crippen molar-refractivity contribution in [2.45, 2.75) is 11.3 Å². The number of nitrogens with zero attached hydrogens (tertiary/aromatic N) is 2. The standard InChI is InChI=1S/C17H16FN5O3S/c18-13-4-6-14(7-5-13)23-27(25,26)15-3-1-2-12(10-15)17(24)19-9-8-16-20-11-21-22-16/h1-7,10-11,23H,8-9H2,(H,19,24)(H,20,21,22). The Morgan fingerprint density at radius 1 is 1.15 bits per heavy atom. The number of aromatic nitrogens is 3. The molecule has 0 aliphatic heterocycles. The van der Waals surface area contributed by atoms with E-state index in [1.807, 2.05) is 0 Å². The van der Waals surface area contributed by atoms with Gasteiger partial charge < -0.3 is 5.32 Å². The zero-order valence-electron chi connectivity index (χ0n) is 14.0. The molecule has 1 amide bonds. The first-order valence-electron chi connectivity index (χ1n) is 7.95. The summed E-state index contributed by atoms with van der Waals surface area (Å²) in [6.45, 7) is 0.318. The lowest BCUT2D eigenvalue weighted by atomic mass is 10.2. The second-order valence-electron chi connectivity index (χ2n) is 5.58. The molecule has 0 saturated carbocycles. The van der Waals surface area contributed by atoms with Crippen LogP contribution in [0.1, 0.15) is 16.2 Å². The Morgan fingerprint density at radius 2 is 1.93 bits per heavy atom. The van der Waals surface area contributed by atoms with Gasteiger partial charge in [-0.1, -0.05) is 6.07 Å². The Bertz CT molecular complexity index is 1020. The van der Waals surface area contributed by atoms with E-state index in [2.05, 4.69) is 25.2 Å². The Morgan fingerprint density at radius 3 is 2.63 bits per heavy atom. The summed E-state index contributed by atoms with van der Waals surface area (Å²) in [7, 11) is -3.91. The molecular formula is C17H16FN5O3S. The number of nitrogens with one attached hydrogen (secondary N) is 3. The zero-order chi connectivity index (χ0) is 19.3. The minimum absolute atomic E-state index is 0.0743. The van der Waals surface area contributed by atoms with Crippen LogP contribution in [-0.4, -0.2) is 36.1 Å². The minimum Gasteiger partial charge on any atom is -0.352 e. The lowest BCUT2D eigenvalue weighted by Crippen LogP contribution is -2.26. The van der Waals surface area contributed by atoms with Crippen molar-refractivity contribution >= 4 is 21.6 Å². The Balaban J connectivity index is 1.68. The lowest BCUT2D eigenvalue weighted by molar-refractivity contribution is 0.0953. The number of hydrogen-bond acceptors (Lipinski definition) is 5. The van der Waals surface area contributed by atoms with Crippen LogP contribution in [0, 0.1) is 5.82 Å². The average Bonchev–Trinajstić information content (AvgIpc) is 3.17. The van der Waals surface area contributed by atoms with Crippen LogP contribution < -0.4 is 10.0 Å². The highest BCUT2D eigenvalue weighted by Crippen LogP contribution is 2.17. The predicted molar refractivity (Wildman–Crippen MR) is 96.1 cm³/mol. The van der Waals surface area contributed by atoms with Gasteiger partial charge in [-0.3, -0.25) is 14.6 Å². The number of anilines is 1. The minimum atomic E-state index is -3.91. The maximum absolute atomic E-state index is 12.9. The highest BCUT2D eigenvalue weighted by atomic mass is 32.2. The van der Waals surface area contributed by atoms with Crippen molar-refractivity contribution in [1.82, 2.24) is 20.5 Å². The van der Waals surface area contributed by atoms with E-state index >= 15 is 0 Å². The topological polar surface area (TPSA) is 117 Å². The van der Waals surface area contributed by atoms with Gasteiger partial charge >= 0.3 is 0 Å². The van der Waals surface area contributed by atoms with Crippen molar-refractivity contribution < 1.29 is 17.6 Å². The summed E-state index contributed by atoms with van der Waals surface area (Å²) in [6.07, 6.45) is 1.84. The normalized spacial score (nSPS) is 11.1. The fourth-order valence-corrected chi connectivity index (χ4v) is 3.39. The van der Waals surface area contributed by atoms with E-state index in [1.54, 1.807) is 0 Å². The molecule has 0 saturated heterocycles. The van der Waals surface area contributed by atoms with Gasteiger partial charge in [-0.2, -0.15) is 5.10 Å². The van der Waals surface area contributed by atoms with E-state index < -0.39 is 21.7 Å². The van der Waals surface area contributed by atoms with Crippen LogP contribution >= 0.6 is 0 Å². The van der Waals surface area contributed by atoms with Crippen LogP contribution in [0.5, 0.6) is 0 Å². The zero-order valence-corrected chi connectivity index (χ0v) is 14.8. The first-order chi connectivity index (χ1) is 12.9. The van der Waals surface area contributed by atoms with Crippen molar-refractivity contribution in [2.75, 3.05) is 11.3 Å². The summed E-state index contributed by atoms with van der Waals surface area (Å²) >= 11 is 0. The molecule has 0 unspecified atom stereocenters. The third kappa shape index (κ3) is 4.88. The number of rotatable bonds is 7. The number of sulfonamides is 1. The Kier molecular flexibility index (Phi) is 5.46. The number of H-pyrrole nitrogens is 1. The van der Waals surface area contributed by atoms with Crippen molar-refractivity contribution in [3.05, 3.63) is 72.1 Å². The van der Waals surface area contributed by atoms with Gasteiger partial charge in [-0.15, -0.1) is 0 Å². The van der Waals surface area contributed by atoms with Crippen LogP contribution in [0.15, 0.2) is 59.8 Å². The highest BCUT2D eigenvalue weighted by molar-refractivity contribution is 7.92. The predicted octanol–water partition coefficient (Wildman–Crippen LogP) is 1.72. The third-order valence-corrected chi connectivity index (χ3v) is 4.99. The maximum atomic E-state index is 12.9. The summed E-state index contributed by atoms with van der Waals surface area (Å²) in [5.41, 5.74) is 0.424. The molecule has 1 aromatic heterocycles. The van der Waals surface area contributed by atoms with Crippen LogP contribution in [0.3, 0.4) is 0 Å². The van der Waals surface area contributed by atoms with Gasteiger partial charge in [0.2, 0.25) is 0 Å². The molecule has 0 fully saturated rings. The van der Waals surface area contributed by atoms with Gasteiger partial charge in [0.15, 0.2) is 0 Å². The van der Waals surface area contributed by atoms with Crippen molar-refractivity contribution in [3.8, 4) is 0 Å². The van der Waals surface area contributed by atoms with Gasteiger partial charge in [0.1, 0.15) is 18.0 Å². The number of benzene rings is 2. The molecule has 3 N–H and O–H groups in total. The molecule has 0 spiro atoms. The number of halogens is 1. The van der Waals surface area contributed by atoms with E-state index in [4.69, 9.17) is 0 Å². The molecule has 1 heterocycles. The molecule has 0 aliphatic rings. The summed E-state index contributed by atoms with van der Waals surface area (Å²) in [4.78, 5) is 16.1. The van der Waals surface area contributed by atoms with Gasteiger partial charge in [0, 0.05) is 24.2 Å².